The molecule has 0 unspecified atom stereocenters. The van der Waals surface area contributed by atoms with E-state index in [2.05, 4.69) is 11.1 Å². The predicted molar refractivity (Wildman–Crippen MR) is 40.8 cm³/mol. The van der Waals surface area contributed by atoms with Crippen LogP contribution >= 0.6 is 0 Å². The molecule has 1 radical (unpaired) electrons. The second-order valence-electron chi connectivity index (χ2n) is 1.88. The molecule has 0 aliphatic heterocycles. The number of ether oxygens (including phenoxy) is 2. The monoisotopic (exact) mass is 339 g/mol. The van der Waals surface area contributed by atoms with E-state index >= 15 is 0 Å². The zero-order valence-electron chi connectivity index (χ0n) is 7.00. The zero-order valence-corrected chi connectivity index (χ0v) is 9.72. The van der Waals surface area contributed by atoms with E-state index in [-0.39, 0.29) is 20.4 Å². The third-order valence-corrected chi connectivity index (χ3v) is 1.18. The van der Waals surface area contributed by atoms with Crippen molar-refractivity contribution in [2.45, 2.75) is 6.92 Å². The molecular weight excluding hydrogens is 328 g/mol. The molecule has 1 heterocycles. The number of hydrogen-bond acceptors (Lipinski definition) is 3. The van der Waals surface area contributed by atoms with Crippen LogP contribution in [0.25, 0.3) is 0 Å². The molecule has 0 atom stereocenters. The Morgan fingerprint density at radius 1 is 1.58 bits per heavy atom. The molecule has 0 aliphatic carbocycles. The fourth-order valence-corrected chi connectivity index (χ4v) is 0.726. The summed E-state index contributed by atoms with van der Waals surface area (Å²) in [7, 11) is 1.58. The molecule has 0 amide bonds. The van der Waals surface area contributed by atoms with E-state index in [1.54, 1.807) is 19.4 Å². The van der Waals surface area contributed by atoms with Gasteiger partial charge in [0, 0.05) is 26.2 Å². The van der Waals surface area contributed by atoms with Gasteiger partial charge in [-0.1, -0.05) is 6.20 Å². The van der Waals surface area contributed by atoms with Crippen LogP contribution in [-0.2, 0) is 20.4 Å². The second kappa shape index (κ2) is 5.99. The third kappa shape index (κ3) is 2.80. The summed E-state index contributed by atoms with van der Waals surface area (Å²) in [6.45, 7) is 2.49. The summed E-state index contributed by atoms with van der Waals surface area (Å²) in [5, 5.41) is 0. The maximum Gasteiger partial charge on any atom is 0.166 e. The molecule has 0 spiro atoms. The molecule has 0 N–H and O–H groups in total. The van der Waals surface area contributed by atoms with Gasteiger partial charge in [-0.2, -0.15) is 6.07 Å². The molecule has 0 fully saturated rings. The molecule has 0 saturated carbocycles. The average molecular weight is 338 g/mol. The Hall–Kier alpha value is -0.588. The van der Waals surface area contributed by atoms with E-state index in [9.17, 15) is 0 Å². The molecule has 0 aliphatic rings. The summed E-state index contributed by atoms with van der Waals surface area (Å²) in [5.41, 5.74) is 0. The van der Waals surface area contributed by atoms with Crippen LogP contribution in [0.2, 0.25) is 0 Å². The van der Waals surface area contributed by atoms with Gasteiger partial charge in [-0.3, -0.25) is 4.98 Å². The molecular formula is C8H10NO2Re-. The number of rotatable bonds is 3. The van der Waals surface area contributed by atoms with Gasteiger partial charge >= 0.3 is 0 Å². The summed E-state index contributed by atoms with van der Waals surface area (Å²) in [5.74, 6) is 1.14. The smallest absolute Gasteiger partial charge is 0.166 e. The van der Waals surface area contributed by atoms with Crippen LogP contribution in [0.4, 0.5) is 0 Å². The normalized spacial score (nSPS) is 8.50. The van der Waals surface area contributed by atoms with Gasteiger partial charge in [0.2, 0.25) is 0 Å². The largest absolute Gasteiger partial charge is 0.576 e. The van der Waals surface area contributed by atoms with Gasteiger partial charge in [0.15, 0.2) is 5.88 Å². The SMILES string of the molecule is CCOc1nc[c-]cc1OC.[Re]. The molecule has 1 aromatic rings. The summed E-state index contributed by atoms with van der Waals surface area (Å²) < 4.78 is 10.2. The molecule has 3 nitrogen and oxygen atoms in total. The van der Waals surface area contributed by atoms with Crippen molar-refractivity contribution in [2.24, 2.45) is 0 Å². The van der Waals surface area contributed by atoms with E-state index in [1.807, 2.05) is 6.92 Å². The number of pyridine rings is 1. The maximum atomic E-state index is 5.17. The van der Waals surface area contributed by atoms with Crippen LogP contribution in [0.3, 0.4) is 0 Å². The van der Waals surface area contributed by atoms with E-state index in [0.29, 0.717) is 18.2 Å². The van der Waals surface area contributed by atoms with Crippen molar-refractivity contribution in [1.29, 1.82) is 0 Å². The summed E-state index contributed by atoms with van der Waals surface area (Å²) in [6.07, 6.45) is 1.55. The van der Waals surface area contributed by atoms with Crippen molar-refractivity contribution >= 4 is 0 Å². The second-order valence-corrected chi connectivity index (χ2v) is 1.88. The van der Waals surface area contributed by atoms with Crippen LogP contribution in [0, 0.1) is 6.07 Å². The van der Waals surface area contributed by atoms with Crippen molar-refractivity contribution < 1.29 is 29.9 Å². The van der Waals surface area contributed by atoms with Crippen molar-refractivity contribution in [3.63, 3.8) is 0 Å². The molecule has 4 heteroatoms. The minimum atomic E-state index is 0. The van der Waals surface area contributed by atoms with Crippen LogP contribution in [-0.4, -0.2) is 18.7 Å². The molecule has 1 aromatic heterocycles. The van der Waals surface area contributed by atoms with Crippen molar-refractivity contribution in [2.75, 3.05) is 13.7 Å². The van der Waals surface area contributed by atoms with Gasteiger partial charge < -0.3 is 9.47 Å². The first-order chi connectivity index (χ1) is 5.38. The average Bonchev–Trinajstić information content (AvgIpc) is 2.06. The topological polar surface area (TPSA) is 31.4 Å². The fourth-order valence-electron chi connectivity index (χ4n) is 0.726. The Bertz CT molecular complexity index is 230. The Labute approximate surface area is 85.8 Å². The molecule has 1 rings (SSSR count). The van der Waals surface area contributed by atoms with Crippen LogP contribution in [0.1, 0.15) is 6.92 Å². The maximum absolute atomic E-state index is 5.17. The minimum Gasteiger partial charge on any atom is -0.576 e. The van der Waals surface area contributed by atoms with E-state index < -0.39 is 0 Å². The van der Waals surface area contributed by atoms with Gasteiger partial charge in [0.25, 0.3) is 0 Å². The first kappa shape index (κ1) is 11.4. The summed E-state index contributed by atoms with van der Waals surface area (Å²) >= 11 is 0. The third-order valence-electron chi connectivity index (χ3n) is 1.18. The Morgan fingerprint density at radius 2 is 2.33 bits per heavy atom. The standard InChI is InChI=1S/C8H10NO2.Re/c1-3-11-8-7(10-2)5-4-6-9-8;/h5-6H,3H2,1-2H3;/q-1;. The van der Waals surface area contributed by atoms with E-state index in [1.165, 1.54) is 0 Å². The van der Waals surface area contributed by atoms with Gasteiger partial charge in [-0.25, -0.2) is 6.07 Å². The molecule has 0 aromatic carbocycles. The number of aromatic nitrogens is 1. The first-order valence-electron chi connectivity index (χ1n) is 3.41. The Balaban J connectivity index is 0.00000121. The van der Waals surface area contributed by atoms with Gasteiger partial charge in [0.05, 0.1) is 13.7 Å². The first-order valence-corrected chi connectivity index (χ1v) is 3.41. The zero-order chi connectivity index (χ0) is 8.10. The fraction of sp³-hybridized carbons (Fsp3) is 0.375. The van der Waals surface area contributed by atoms with Gasteiger partial charge in [0.1, 0.15) is 0 Å². The van der Waals surface area contributed by atoms with Gasteiger partial charge in [-0.05, 0) is 6.92 Å². The molecule has 0 bridgehead atoms. The van der Waals surface area contributed by atoms with Crippen LogP contribution in [0.5, 0.6) is 11.6 Å². The predicted octanol–water partition coefficient (Wildman–Crippen LogP) is 1.29. The quantitative estimate of drug-likeness (QED) is 0.779. The summed E-state index contributed by atoms with van der Waals surface area (Å²) in [4.78, 5) is 3.94. The van der Waals surface area contributed by atoms with Crippen molar-refractivity contribution in [1.82, 2.24) is 4.98 Å². The van der Waals surface area contributed by atoms with Crippen molar-refractivity contribution in [3.05, 3.63) is 18.3 Å². The minimum absolute atomic E-state index is 0. The molecule has 67 valence electrons. The number of hydrogen-bond donors (Lipinski definition) is 0. The van der Waals surface area contributed by atoms with Crippen LogP contribution < -0.4 is 9.47 Å². The van der Waals surface area contributed by atoms with E-state index in [4.69, 9.17) is 9.47 Å². The molecule has 0 saturated heterocycles. The molecule has 12 heavy (non-hydrogen) atoms. The van der Waals surface area contributed by atoms with E-state index in [0.717, 1.165) is 0 Å². The number of nitrogens with zero attached hydrogens (tertiary/aromatic N) is 1. The number of methoxy groups -OCH3 is 1. The Kier molecular flexibility index (Phi) is 5.69. The Morgan fingerprint density at radius 3 is 2.92 bits per heavy atom. The van der Waals surface area contributed by atoms with Crippen LogP contribution in [0.15, 0.2) is 12.3 Å². The van der Waals surface area contributed by atoms with Crippen molar-refractivity contribution in [3.8, 4) is 11.6 Å². The summed E-state index contributed by atoms with van der Waals surface area (Å²) in [6, 6.07) is 4.49. The van der Waals surface area contributed by atoms with Gasteiger partial charge in [-0.15, -0.1) is 0 Å².